The molecule has 0 bridgehead atoms. The Morgan fingerprint density at radius 3 is 2.74 bits per heavy atom. The van der Waals surface area contributed by atoms with Crippen LogP contribution < -0.4 is 5.73 Å². The molecule has 1 aliphatic rings. The van der Waals surface area contributed by atoms with Crippen molar-refractivity contribution in [3.63, 3.8) is 0 Å². The SMILES string of the molecule is CC1CC(N)CCN1Cc1cccc(C(F)(F)F)c1. The third-order valence-electron chi connectivity index (χ3n) is 3.69. The van der Waals surface area contributed by atoms with Gasteiger partial charge in [0.15, 0.2) is 0 Å². The molecule has 5 heteroatoms. The highest BCUT2D eigenvalue weighted by Gasteiger charge is 2.30. The van der Waals surface area contributed by atoms with Crippen molar-refractivity contribution in [2.45, 2.75) is 44.6 Å². The molecule has 0 radical (unpaired) electrons. The first kappa shape index (κ1) is 14.3. The predicted molar refractivity (Wildman–Crippen MR) is 68.5 cm³/mol. The molecule has 2 unspecified atom stereocenters. The highest BCUT2D eigenvalue weighted by atomic mass is 19.4. The van der Waals surface area contributed by atoms with Crippen LogP contribution in [0, 0.1) is 0 Å². The van der Waals surface area contributed by atoms with E-state index in [-0.39, 0.29) is 6.04 Å². The highest BCUT2D eigenvalue weighted by Crippen LogP contribution is 2.30. The number of likely N-dealkylation sites (tertiary alicyclic amines) is 1. The number of benzene rings is 1. The Morgan fingerprint density at radius 1 is 1.37 bits per heavy atom. The molecule has 1 saturated heterocycles. The lowest BCUT2D eigenvalue weighted by Crippen LogP contribution is -2.44. The number of nitrogens with zero attached hydrogens (tertiary/aromatic N) is 1. The predicted octanol–water partition coefficient (Wildman–Crippen LogP) is 3.02. The van der Waals surface area contributed by atoms with E-state index in [0.717, 1.165) is 25.5 Å². The standard InChI is InChI=1S/C14H19F3N2/c1-10-7-13(18)5-6-19(10)9-11-3-2-4-12(8-11)14(15,16)17/h2-4,8,10,13H,5-7,9,18H2,1H3. The second-order valence-electron chi connectivity index (χ2n) is 5.30. The minimum Gasteiger partial charge on any atom is -0.328 e. The summed E-state index contributed by atoms with van der Waals surface area (Å²) >= 11 is 0. The lowest BCUT2D eigenvalue weighted by atomic mass is 9.98. The molecule has 1 fully saturated rings. The number of hydrogen-bond donors (Lipinski definition) is 1. The van der Waals surface area contributed by atoms with Gasteiger partial charge in [0, 0.05) is 25.2 Å². The highest BCUT2D eigenvalue weighted by molar-refractivity contribution is 5.25. The molecule has 1 aromatic carbocycles. The number of hydrogen-bond acceptors (Lipinski definition) is 2. The van der Waals surface area contributed by atoms with Crippen molar-refractivity contribution >= 4 is 0 Å². The van der Waals surface area contributed by atoms with Crippen LogP contribution in [0.3, 0.4) is 0 Å². The van der Waals surface area contributed by atoms with Gasteiger partial charge >= 0.3 is 6.18 Å². The van der Waals surface area contributed by atoms with E-state index in [1.807, 2.05) is 0 Å². The van der Waals surface area contributed by atoms with Crippen LogP contribution in [0.15, 0.2) is 24.3 Å². The smallest absolute Gasteiger partial charge is 0.328 e. The average Bonchev–Trinajstić information content (AvgIpc) is 2.32. The molecule has 106 valence electrons. The average molecular weight is 272 g/mol. The van der Waals surface area contributed by atoms with Crippen LogP contribution in [0.2, 0.25) is 0 Å². The Labute approximate surface area is 111 Å². The molecule has 19 heavy (non-hydrogen) atoms. The molecule has 0 saturated carbocycles. The first-order valence-electron chi connectivity index (χ1n) is 6.52. The normalized spacial score (nSPS) is 25.5. The van der Waals surface area contributed by atoms with E-state index in [1.165, 1.54) is 12.1 Å². The minimum absolute atomic E-state index is 0.216. The molecule has 0 aromatic heterocycles. The Balaban J connectivity index is 2.07. The maximum Gasteiger partial charge on any atom is 0.416 e. The maximum atomic E-state index is 12.6. The van der Waals surface area contributed by atoms with Crippen LogP contribution in [0.4, 0.5) is 13.2 Å². The van der Waals surface area contributed by atoms with Crippen molar-refractivity contribution in [3.05, 3.63) is 35.4 Å². The quantitative estimate of drug-likeness (QED) is 0.896. The number of alkyl halides is 3. The Hall–Kier alpha value is -1.07. The van der Waals surface area contributed by atoms with Gasteiger partial charge in [-0.05, 0) is 31.4 Å². The minimum atomic E-state index is -4.27. The fraction of sp³-hybridized carbons (Fsp3) is 0.571. The van der Waals surface area contributed by atoms with Crippen molar-refractivity contribution in [2.75, 3.05) is 6.54 Å². The third-order valence-corrected chi connectivity index (χ3v) is 3.69. The summed E-state index contributed by atoms with van der Waals surface area (Å²) in [6.45, 7) is 3.48. The van der Waals surface area contributed by atoms with Crippen LogP contribution in [-0.2, 0) is 12.7 Å². The van der Waals surface area contributed by atoms with E-state index < -0.39 is 11.7 Å². The summed E-state index contributed by atoms with van der Waals surface area (Å²) < 4.78 is 37.9. The van der Waals surface area contributed by atoms with Crippen LogP contribution in [0.5, 0.6) is 0 Å². The van der Waals surface area contributed by atoms with Crippen LogP contribution in [0.1, 0.15) is 30.9 Å². The number of rotatable bonds is 2. The summed E-state index contributed by atoms with van der Waals surface area (Å²) in [5.74, 6) is 0. The molecule has 2 nitrogen and oxygen atoms in total. The van der Waals surface area contributed by atoms with E-state index in [2.05, 4.69) is 11.8 Å². The topological polar surface area (TPSA) is 29.3 Å². The first-order chi connectivity index (χ1) is 8.86. The summed E-state index contributed by atoms with van der Waals surface area (Å²) in [5, 5.41) is 0. The fourth-order valence-corrected chi connectivity index (χ4v) is 2.57. The molecule has 1 aromatic rings. The van der Waals surface area contributed by atoms with Crippen LogP contribution in [0.25, 0.3) is 0 Å². The van der Waals surface area contributed by atoms with Gasteiger partial charge in [0.1, 0.15) is 0 Å². The van der Waals surface area contributed by atoms with Crippen molar-refractivity contribution < 1.29 is 13.2 Å². The number of halogens is 3. The zero-order valence-corrected chi connectivity index (χ0v) is 11.0. The number of piperidine rings is 1. The monoisotopic (exact) mass is 272 g/mol. The van der Waals surface area contributed by atoms with E-state index in [9.17, 15) is 13.2 Å². The van der Waals surface area contributed by atoms with Crippen LogP contribution in [-0.4, -0.2) is 23.5 Å². The molecule has 1 aliphatic heterocycles. The van der Waals surface area contributed by atoms with Crippen molar-refractivity contribution in [2.24, 2.45) is 5.73 Å². The Morgan fingerprint density at radius 2 is 2.11 bits per heavy atom. The van der Waals surface area contributed by atoms with E-state index in [0.29, 0.717) is 18.2 Å². The largest absolute Gasteiger partial charge is 0.416 e. The zero-order valence-electron chi connectivity index (χ0n) is 11.0. The lowest BCUT2D eigenvalue weighted by molar-refractivity contribution is -0.137. The fourth-order valence-electron chi connectivity index (χ4n) is 2.57. The Kier molecular flexibility index (Phi) is 4.16. The molecular formula is C14H19F3N2. The summed E-state index contributed by atoms with van der Waals surface area (Å²) in [5.41, 5.74) is 6.01. The van der Waals surface area contributed by atoms with E-state index in [4.69, 9.17) is 5.73 Å². The van der Waals surface area contributed by atoms with Crippen molar-refractivity contribution in [3.8, 4) is 0 Å². The molecule has 0 amide bonds. The van der Waals surface area contributed by atoms with Gasteiger partial charge in [-0.1, -0.05) is 18.2 Å². The molecule has 0 spiro atoms. The van der Waals surface area contributed by atoms with E-state index in [1.54, 1.807) is 6.07 Å². The van der Waals surface area contributed by atoms with Gasteiger partial charge in [-0.25, -0.2) is 0 Å². The van der Waals surface area contributed by atoms with Gasteiger partial charge in [0.2, 0.25) is 0 Å². The van der Waals surface area contributed by atoms with Crippen molar-refractivity contribution in [1.29, 1.82) is 0 Å². The van der Waals surface area contributed by atoms with Gasteiger partial charge in [-0.2, -0.15) is 13.2 Å². The molecule has 1 heterocycles. The zero-order chi connectivity index (χ0) is 14.0. The second kappa shape index (κ2) is 5.51. The lowest BCUT2D eigenvalue weighted by Gasteiger charge is -2.36. The summed E-state index contributed by atoms with van der Waals surface area (Å²) in [6.07, 6.45) is -2.46. The summed E-state index contributed by atoms with van der Waals surface area (Å²) in [7, 11) is 0. The molecule has 2 rings (SSSR count). The van der Waals surface area contributed by atoms with Gasteiger partial charge in [0.05, 0.1) is 5.56 Å². The first-order valence-corrected chi connectivity index (χ1v) is 6.52. The maximum absolute atomic E-state index is 12.6. The van der Waals surface area contributed by atoms with Gasteiger partial charge in [-0.3, -0.25) is 4.90 Å². The second-order valence-corrected chi connectivity index (χ2v) is 5.30. The molecule has 0 aliphatic carbocycles. The molecule has 2 atom stereocenters. The Bertz CT molecular complexity index is 431. The van der Waals surface area contributed by atoms with Gasteiger partial charge in [0.25, 0.3) is 0 Å². The number of nitrogens with two attached hydrogens (primary N) is 1. The molecular weight excluding hydrogens is 253 g/mol. The summed E-state index contributed by atoms with van der Waals surface area (Å²) in [4.78, 5) is 2.19. The van der Waals surface area contributed by atoms with Gasteiger partial charge in [-0.15, -0.1) is 0 Å². The van der Waals surface area contributed by atoms with E-state index >= 15 is 0 Å². The molecule has 2 N–H and O–H groups in total. The van der Waals surface area contributed by atoms with Gasteiger partial charge < -0.3 is 5.73 Å². The third kappa shape index (κ3) is 3.70. The summed E-state index contributed by atoms with van der Waals surface area (Å²) in [6, 6.07) is 6.10. The van der Waals surface area contributed by atoms with Crippen molar-refractivity contribution in [1.82, 2.24) is 4.90 Å². The van der Waals surface area contributed by atoms with Crippen LogP contribution >= 0.6 is 0 Å².